The number of aryl methyl sites for hydroxylation is 1. The van der Waals surface area contributed by atoms with Crippen LogP contribution >= 0.6 is 11.6 Å². The molecule has 4 nitrogen and oxygen atoms in total. The van der Waals surface area contributed by atoms with Crippen LogP contribution in [0, 0.1) is 0 Å². The molecule has 0 saturated carbocycles. The first-order valence-corrected chi connectivity index (χ1v) is 7.77. The Balaban J connectivity index is 2.04. The van der Waals surface area contributed by atoms with E-state index in [-0.39, 0.29) is 5.91 Å². The molecule has 0 aliphatic rings. The van der Waals surface area contributed by atoms with Gasteiger partial charge in [-0.3, -0.25) is 4.79 Å². The second-order valence-corrected chi connectivity index (χ2v) is 5.85. The molecule has 0 bridgehead atoms. The molecule has 0 aliphatic carbocycles. The van der Waals surface area contributed by atoms with Crippen molar-refractivity contribution in [3.63, 3.8) is 0 Å². The minimum atomic E-state index is -0.0544. The second-order valence-electron chi connectivity index (χ2n) is 5.42. The Morgan fingerprint density at radius 2 is 1.96 bits per heavy atom. The Morgan fingerprint density at radius 1 is 1.22 bits per heavy atom. The van der Waals surface area contributed by atoms with Gasteiger partial charge in [-0.15, -0.1) is 0 Å². The average Bonchev–Trinajstić information content (AvgIpc) is 2.53. The van der Waals surface area contributed by atoms with Gasteiger partial charge in [0.1, 0.15) is 5.75 Å². The number of benzene rings is 2. The molecule has 2 rings (SSSR count). The number of hydrogen-bond acceptors (Lipinski definition) is 3. The number of halogens is 1. The molecular formula is C18H21ClN2O2. The van der Waals surface area contributed by atoms with Crippen LogP contribution in [-0.4, -0.2) is 27.1 Å². The molecule has 5 heteroatoms. The predicted molar refractivity (Wildman–Crippen MR) is 95.7 cm³/mol. The zero-order chi connectivity index (χ0) is 16.8. The first kappa shape index (κ1) is 17.2. The van der Waals surface area contributed by atoms with Crippen LogP contribution in [0.5, 0.6) is 5.75 Å². The lowest BCUT2D eigenvalue weighted by atomic mass is 10.1. The molecule has 0 unspecified atom stereocenters. The molecule has 23 heavy (non-hydrogen) atoms. The molecule has 0 saturated heterocycles. The summed E-state index contributed by atoms with van der Waals surface area (Å²) in [6.07, 6.45) is 0.994. The van der Waals surface area contributed by atoms with Gasteiger partial charge < -0.3 is 15.0 Å². The van der Waals surface area contributed by atoms with Crippen LogP contribution in [0.15, 0.2) is 42.5 Å². The monoisotopic (exact) mass is 332 g/mol. The van der Waals surface area contributed by atoms with Crippen molar-refractivity contribution in [1.82, 2.24) is 0 Å². The normalized spacial score (nSPS) is 10.3. The maximum absolute atomic E-state index is 12.3. The molecule has 0 atom stereocenters. The maximum atomic E-state index is 12.3. The van der Waals surface area contributed by atoms with E-state index < -0.39 is 0 Å². The van der Waals surface area contributed by atoms with Gasteiger partial charge in [-0.2, -0.15) is 0 Å². The van der Waals surface area contributed by atoms with Crippen molar-refractivity contribution in [2.24, 2.45) is 0 Å². The molecular weight excluding hydrogens is 312 g/mol. The Kier molecular flexibility index (Phi) is 5.88. The number of para-hydroxylation sites is 1. The summed E-state index contributed by atoms with van der Waals surface area (Å²) in [5.74, 6) is 0.748. The van der Waals surface area contributed by atoms with Crippen molar-refractivity contribution < 1.29 is 9.53 Å². The number of nitrogens with zero attached hydrogens (tertiary/aromatic N) is 1. The summed E-state index contributed by atoms with van der Waals surface area (Å²) in [7, 11) is 5.48. The zero-order valence-corrected chi connectivity index (χ0v) is 14.4. The number of methoxy groups -OCH3 is 1. The lowest BCUT2D eigenvalue weighted by Crippen LogP contribution is -2.17. The number of anilines is 2. The molecule has 0 fully saturated rings. The largest absolute Gasteiger partial charge is 0.496 e. The van der Waals surface area contributed by atoms with E-state index in [1.54, 1.807) is 19.2 Å². The van der Waals surface area contributed by atoms with E-state index in [1.807, 2.05) is 49.3 Å². The summed E-state index contributed by atoms with van der Waals surface area (Å²) < 4.78 is 5.31. The maximum Gasteiger partial charge on any atom is 0.224 e. The smallest absolute Gasteiger partial charge is 0.224 e. The van der Waals surface area contributed by atoms with Gasteiger partial charge in [0.25, 0.3) is 0 Å². The quantitative estimate of drug-likeness (QED) is 0.869. The van der Waals surface area contributed by atoms with Crippen molar-refractivity contribution >= 4 is 28.9 Å². The van der Waals surface area contributed by atoms with E-state index in [2.05, 4.69) is 5.32 Å². The number of hydrogen-bond donors (Lipinski definition) is 1. The van der Waals surface area contributed by atoms with Crippen LogP contribution in [0.3, 0.4) is 0 Å². The number of amides is 1. The zero-order valence-electron chi connectivity index (χ0n) is 13.6. The van der Waals surface area contributed by atoms with Gasteiger partial charge >= 0.3 is 0 Å². The van der Waals surface area contributed by atoms with Gasteiger partial charge in [-0.25, -0.2) is 0 Å². The molecule has 2 aromatic carbocycles. The molecule has 0 spiro atoms. The van der Waals surface area contributed by atoms with E-state index in [4.69, 9.17) is 16.3 Å². The van der Waals surface area contributed by atoms with Gasteiger partial charge in [-0.05, 0) is 36.2 Å². The third-order valence-corrected chi connectivity index (χ3v) is 3.76. The third kappa shape index (κ3) is 4.63. The Labute approximate surface area is 142 Å². The lowest BCUT2D eigenvalue weighted by molar-refractivity contribution is -0.116. The summed E-state index contributed by atoms with van der Waals surface area (Å²) in [5, 5.41) is 3.53. The van der Waals surface area contributed by atoms with E-state index in [0.29, 0.717) is 23.6 Å². The van der Waals surface area contributed by atoms with Gasteiger partial charge in [0.05, 0.1) is 18.5 Å². The standard InChI is InChI=1S/C18H21ClN2O2/c1-21(2)16-10-9-14(19)12-15(16)20-18(22)11-8-13-6-4-5-7-17(13)23-3/h4-7,9-10,12H,8,11H2,1-3H3,(H,20,22). The Morgan fingerprint density at radius 3 is 2.65 bits per heavy atom. The van der Waals surface area contributed by atoms with Crippen LogP contribution in [0.2, 0.25) is 5.02 Å². The molecule has 1 amide bonds. The number of nitrogens with one attached hydrogen (secondary N) is 1. The molecule has 2 aromatic rings. The molecule has 0 aliphatic heterocycles. The highest BCUT2D eigenvalue weighted by Crippen LogP contribution is 2.28. The molecule has 0 aromatic heterocycles. The lowest BCUT2D eigenvalue weighted by Gasteiger charge is -2.18. The van der Waals surface area contributed by atoms with Crippen LogP contribution in [0.25, 0.3) is 0 Å². The molecule has 0 heterocycles. The summed E-state index contributed by atoms with van der Waals surface area (Å²) in [5.41, 5.74) is 2.65. The van der Waals surface area contributed by atoms with Crippen molar-refractivity contribution in [2.45, 2.75) is 12.8 Å². The first-order chi connectivity index (χ1) is 11.0. The minimum Gasteiger partial charge on any atom is -0.496 e. The Hall–Kier alpha value is -2.20. The number of carbonyl (C=O) groups excluding carboxylic acids is 1. The van der Waals surface area contributed by atoms with Gasteiger partial charge in [0.2, 0.25) is 5.91 Å². The molecule has 1 N–H and O–H groups in total. The summed E-state index contributed by atoms with van der Waals surface area (Å²) in [6, 6.07) is 13.2. The van der Waals surface area contributed by atoms with Gasteiger partial charge in [0.15, 0.2) is 0 Å². The number of rotatable bonds is 6. The van der Waals surface area contributed by atoms with Crippen LogP contribution in [-0.2, 0) is 11.2 Å². The van der Waals surface area contributed by atoms with E-state index in [1.165, 1.54) is 0 Å². The Bertz CT molecular complexity index is 686. The van der Waals surface area contributed by atoms with Crippen molar-refractivity contribution in [3.8, 4) is 5.75 Å². The summed E-state index contributed by atoms with van der Waals surface area (Å²) >= 11 is 6.03. The second kappa shape index (κ2) is 7.88. The highest BCUT2D eigenvalue weighted by Gasteiger charge is 2.10. The highest BCUT2D eigenvalue weighted by molar-refractivity contribution is 6.31. The van der Waals surface area contributed by atoms with Crippen molar-refractivity contribution in [3.05, 3.63) is 53.1 Å². The van der Waals surface area contributed by atoms with E-state index in [9.17, 15) is 4.79 Å². The first-order valence-electron chi connectivity index (χ1n) is 7.40. The third-order valence-electron chi connectivity index (χ3n) is 3.53. The van der Waals surface area contributed by atoms with Gasteiger partial charge in [-0.1, -0.05) is 29.8 Å². The van der Waals surface area contributed by atoms with E-state index in [0.717, 1.165) is 17.0 Å². The fourth-order valence-corrected chi connectivity index (χ4v) is 2.54. The average molecular weight is 333 g/mol. The van der Waals surface area contributed by atoms with Crippen LogP contribution < -0.4 is 15.0 Å². The van der Waals surface area contributed by atoms with Crippen molar-refractivity contribution in [2.75, 3.05) is 31.4 Å². The molecule has 122 valence electrons. The number of ether oxygens (including phenoxy) is 1. The minimum absolute atomic E-state index is 0.0544. The SMILES string of the molecule is COc1ccccc1CCC(=O)Nc1cc(Cl)ccc1N(C)C. The fourth-order valence-electron chi connectivity index (χ4n) is 2.37. The predicted octanol–water partition coefficient (Wildman–Crippen LogP) is 3.99. The number of carbonyl (C=O) groups is 1. The molecule has 0 radical (unpaired) electrons. The summed E-state index contributed by atoms with van der Waals surface area (Å²) in [4.78, 5) is 14.2. The summed E-state index contributed by atoms with van der Waals surface area (Å²) in [6.45, 7) is 0. The van der Waals surface area contributed by atoms with Gasteiger partial charge in [0, 0.05) is 25.5 Å². The van der Waals surface area contributed by atoms with Crippen LogP contribution in [0.1, 0.15) is 12.0 Å². The van der Waals surface area contributed by atoms with Crippen molar-refractivity contribution in [1.29, 1.82) is 0 Å². The van der Waals surface area contributed by atoms with Crippen LogP contribution in [0.4, 0.5) is 11.4 Å². The van der Waals surface area contributed by atoms with E-state index >= 15 is 0 Å². The fraction of sp³-hybridized carbons (Fsp3) is 0.278. The highest BCUT2D eigenvalue weighted by atomic mass is 35.5. The topological polar surface area (TPSA) is 41.6 Å².